The van der Waals surface area contributed by atoms with Crippen LogP contribution in [0.5, 0.6) is 5.75 Å². The number of methoxy groups -OCH3 is 1. The number of hydrogen-bond acceptors (Lipinski definition) is 5. The average molecular weight is 513 g/mol. The van der Waals surface area contributed by atoms with E-state index in [-0.39, 0.29) is 27.6 Å². The number of hydrogen-bond donors (Lipinski definition) is 4. The van der Waals surface area contributed by atoms with E-state index in [1.54, 1.807) is 24.4 Å². The molecule has 3 aromatic carbocycles. The molecule has 4 aromatic rings. The lowest BCUT2D eigenvalue weighted by Crippen LogP contribution is -2.42. The van der Waals surface area contributed by atoms with E-state index < -0.39 is 21.8 Å². The molecule has 4 N–H and O–H groups in total. The van der Waals surface area contributed by atoms with Crippen LogP contribution in [0.3, 0.4) is 0 Å². The highest BCUT2D eigenvalue weighted by Gasteiger charge is 2.22. The maximum absolute atomic E-state index is 13.0. The Balaban J connectivity index is 1.45. The van der Waals surface area contributed by atoms with E-state index in [9.17, 15) is 18.0 Å². The first-order chi connectivity index (χ1) is 16.8. The number of nitrogens with one attached hydrogen (secondary N) is 4. The van der Waals surface area contributed by atoms with Gasteiger partial charge >= 0.3 is 0 Å². The number of ether oxygens (including phenoxy) is 1. The van der Waals surface area contributed by atoms with E-state index in [1.165, 1.54) is 25.3 Å². The Kier molecular flexibility index (Phi) is 6.94. The number of para-hydroxylation sites is 3. The van der Waals surface area contributed by atoms with Crippen LogP contribution < -0.4 is 20.3 Å². The minimum Gasteiger partial charge on any atom is -0.495 e. The third kappa shape index (κ3) is 5.39. The lowest BCUT2D eigenvalue weighted by atomic mass is 10.1. The Bertz CT molecular complexity index is 1520. The fraction of sp³-hybridized carbons (Fsp3) is 0.0833. The van der Waals surface area contributed by atoms with Crippen molar-refractivity contribution in [3.05, 3.63) is 89.1 Å². The van der Waals surface area contributed by atoms with Gasteiger partial charge < -0.3 is 9.72 Å². The van der Waals surface area contributed by atoms with Crippen molar-refractivity contribution >= 4 is 50.0 Å². The normalized spacial score (nSPS) is 11.1. The molecule has 35 heavy (non-hydrogen) atoms. The lowest BCUT2D eigenvalue weighted by molar-refractivity contribution is -0.121. The Hall–Kier alpha value is -4.02. The monoisotopic (exact) mass is 512 g/mol. The van der Waals surface area contributed by atoms with Crippen molar-refractivity contribution in [1.82, 2.24) is 15.8 Å². The molecule has 0 aliphatic carbocycles. The molecule has 0 unspecified atom stereocenters. The quantitative estimate of drug-likeness (QED) is 0.281. The number of aromatic amines is 1. The number of anilines is 1. The van der Waals surface area contributed by atoms with Crippen molar-refractivity contribution in [2.45, 2.75) is 11.3 Å². The number of halogens is 1. The number of H-pyrrole nitrogens is 1. The van der Waals surface area contributed by atoms with Crippen LogP contribution in [0.1, 0.15) is 15.9 Å². The van der Waals surface area contributed by atoms with Gasteiger partial charge in [0, 0.05) is 22.7 Å². The van der Waals surface area contributed by atoms with E-state index in [2.05, 4.69) is 20.6 Å². The maximum Gasteiger partial charge on any atom is 0.269 e. The largest absolute Gasteiger partial charge is 0.495 e. The van der Waals surface area contributed by atoms with Gasteiger partial charge in [-0.3, -0.25) is 25.2 Å². The summed E-state index contributed by atoms with van der Waals surface area (Å²) >= 11 is 6.13. The summed E-state index contributed by atoms with van der Waals surface area (Å²) in [6.45, 7) is 0. The average Bonchev–Trinajstić information content (AvgIpc) is 3.25. The second-order valence-corrected chi connectivity index (χ2v) is 9.55. The summed E-state index contributed by atoms with van der Waals surface area (Å²) in [7, 11) is -2.74. The minimum absolute atomic E-state index is 0.0119. The first kappa shape index (κ1) is 24.1. The smallest absolute Gasteiger partial charge is 0.269 e. The van der Waals surface area contributed by atoms with Gasteiger partial charge in [-0.2, -0.15) is 0 Å². The van der Waals surface area contributed by atoms with Crippen LogP contribution in [0.25, 0.3) is 10.9 Å². The zero-order valence-electron chi connectivity index (χ0n) is 18.5. The molecule has 2 amide bonds. The van der Waals surface area contributed by atoms with Crippen molar-refractivity contribution in [1.29, 1.82) is 0 Å². The Morgan fingerprint density at radius 1 is 1.00 bits per heavy atom. The summed E-state index contributed by atoms with van der Waals surface area (Å²) in [4.78, 5) is 27.7. The first-order valence-electron chi connectivity index (χ1n) is 10.4. The third-order valence-electron chi connectivity index (χ3n) is 5.18. The van der Waals surface area contributed by atoms with Crippen molar-refractivity contribution in [3.8, 4) is 5.75 Å². The molecule has 1 aromatic heterocycles. The Morgan fingerprint density at radius 3 is 2.54 bits per heavy atom. The second kappa shape index (κ2) is 10.1. The standard InChI is InChI=1S/C24H21ClN4O5S/c1-34-21-9-5-4-8-20(21)29-35(32,33)22-12-15(10-11-18(22)25)24(31)28-27-23(30)13-16-14-26-19-7-3-2-6-17(16)19/h2-12,14,26,29H,13H2,1H3,(H,27,30)(H,28,31). The molecule has 0 saturated carbocycles. The van der Waals surface area contributed by atoms with E-state index in [0.717, 1.165) is 22.5 Å². The molecule has 0 spiro atoms. The summed E-state index contributed by atoms with van der Waals surface area (Å²) in [5, 5.41) is 0.830. The van der Waals surface area contributed by atoms with Crippen molar-refractivity contribution in [3.63, 3.8) is 0 Å². The van der Waals surface area contributed by atoms with Gasteiger partial charge in [0.1, 0.15) is 10.6 Å². The summed E-state index contributed by atoms with van der Waals surface area (Å²) < 4.78 is 33.5. The van der Waals surface area contributed by atoms with E-state index >= 15 is 0 Å². The van der Waals surface area contributed by atoms with Gasteiger partial charge in [-0.25, -0.2) is 8.42 Å². The Labute approximate surface area is 206 Å². The fourth-order valence-corrected chi connectivity index (χ4v) is 5.07. The topological polar surface area (TPSA) is 129 Å². The van der Waals surface area contributed by atoms with Crippen molar-refractivity contribution in [2.24, 2.45) is 0 Å². The number of rotatable bonds is 7. The molecule has 0 bridgehead atoms. The summed E-state index contributed by atoms with van der Waals surface area (Å²) in [6, 6.07) is 17.8. The number of carbonyl (C=O) groups excluding carboxylic acids is 2. The first-order valence-corrected chi connectivity index (χ1v) is 12.2. The molecule has 0 saturated heterocycles. The van der Waals surface area contributed by atoms with Gasteiger partial charge in [-0.15, -0.1) is 0 Å². The van der Waals surface area contributed by atoms with E-state index in [4.69, 9.17) is 16.3 Å². The number of amides is 2. The SMILES string of the molecule is COc1ccccc1NS(=O)(=O)c1cc(C(=O)NNC(=O)Cc2c[nH]c3ccccc23)ccc1Cl. The molecule has 180 valence electrons. The van der Waals surface area contributed by atoms with E-state index in [1.807, 2.05) is 24.3 Å². The Morgan fingerprint density at radius 2 is 1.74 bits per heavy atom. The molecule has 0 atom stereocenters. The predicted octanol–water partition coefficient (Wildman–Crippen LogP) is 3.63. The van der Waals surface area contributed by atoms with E-state index in [0.29, 0.717) is 5.75 Å². The molecule has 4 rings (SSSR count). The molecule has 0 aliphatic rings. The number of sulfonamides is 1. The second-order valence-electron chi connectivity index (χ2n) is 7.49. The lowest BCUT2D eigenvalue weighted by Gasteiger charge is -2.13. The highest BCUT2D eigenvalue weighted by atomic mass is 35.5. The van der Waals surface area contributed by atoms with Gasteiger partial charge in [0.15, 0.2) is 0 Å². The summed E-state index contributed by atoms with van der Waals surface area (Å²) in [5.41, 5.74) is 6.52. The maximum atomic E-state index is 13.0. The van der Waals surface area contributed by atoms with Gasteiger partial charge in [-0.1, -0.05) is 41.9 Å². The summed E-state index contributed by atoms with van der Waals surface area (Å²) in [5.74, 6) is -0.829. The minimum atomic E-state index is -4.15. The van der Waals surface area contributed by atoms with Gasteiger partial charge in [0.25, 0.3) is 15.9 Å². The number of aromatic nitrogens is 1. The number of carbonyl (C=O) groups is 2. The molecule has 0 fully saturated rings. The third-order valence-corrected chi connectivity index (χ3v) is 7.02. The predicted molar refractivity (Wildman–Crippen MR) is 133 cm³/mol. The summed E-state index contributed by atoms with van der Waals surface area (Å²) in [6.07, 6.45) is 1.77. The molecule has 0 aliphatic heterocycles. The molecular formula is C24H21ClN4O5S. The van der Waals surface area contributed by atoms with Crippen LogP contribution in [0, 0.1) is 0 Å². The molecular weight excluding hydrogens is 492 g/mol. The highest BCUT2D eigenvalue weighted by molar-refractivity contribution is 7.92. The number of hydrazine groups is 1. The molecule has 9 nitrogen and oxygen atoms in total. The van der Waals surface area contributed by atoms with Crippen LogP contribution in [0.15, 0.2) is 77.8 Å². The van der Waals surface area contributed by atoms with Crippen LogP contribution in [-0.2, 0) is 21.2 Å². The zero-order chi connectivity index (χ0) is 25.0. The highest BCUT2D eigenvalue weighted by Crippen LogP contribution is 2.29. The fourth-order valence-electron chi connectivity index (χ4n) is 3.47. The van der Waals surface area contributed by atoms with Crippen molar-refractivity contribution < 1.29 is 22.7 Å². The van der Waals surface area contributed by atoms with Crippen LogP contribution in [0.4, 0.5) is 5.69 Å². The van der Waals surface area contributed by atoms with Crippen LogP contribution in [-0.4, -0.2) is 32.3 Å². The van der Waals surface area contributed by atoms with Gasteiger partial charge in [0.2, 0.25) is 5.91 Å². The van der Waals surface area contributed by atoms with Crippen LogP contribution in [0.2, 0.25) is 5.02 Å². The molecule has 11 heteroatoms. The van der Waals surface area contributed by atoms with Crippen molar-refractivity contribution in [2.75, 3.05) is 11.8 Å². The van der Waals surface area contributed by atoms with Crippen LogP contribution >= 0.6 is 11.6 Å². The molecule has 0 radical (unpaired) electrons. The zero-order valence-corrected chi connectivity index (χ0v) is 20.0. The number of fused-ring (bicyclic) bond motifs is 1. The van der Waals surface area contributed by atoms with Gasteiger partial charge in [0.05, 0.1) is 24.2 Å². The molecule has 1 heterocycles. The van der Waals surface area contributed by atoms with Gasteiger partial charge in [-0.05, 0) is 42.0 Å². The number of benzene rings is 3.